The first kappa shape index (κ1) is 15.4. The van der Waals surface area contributed by atoms with Crippen LogP contribution < -0.4 is 10.2 Å². The van der Waals surface area contributed by atoms with Gasteiger partial charge >= 0.3 is 0 Å². The fourth-order valence-corrected chi connectivity index (χ4v) is 3.19. The summed E-state index contributed by atoms with van der Waals surface area (Å²) in [6.07, 6.45) is 6.71. The highest BCUT2D eigenvalue weighted by molar-refractivity contribution is 5.94. The first-order valence-electron chi connectivity index (χ1n) is 8.50. The van der Waals surface area contributed by atoms with Gasteiger partial charge in [-0.2, -0.15) is 0 Å². The third-order valence-corrected chi connectivity index (χ3v) is 4.53. The molecular weight excluding hydrogens is 312 g/mol. The topological polar surface area (TPSA) is 50.2 Å². The van der Waals surface area contributed by atoms with Crippen molar-refractivity contribution < 1.29 is 4.79 Å². The highest BCUT2D eigenvalue weighted by Crippen LogP contribution is 2.18. The van der Waals surface area contributed by atoms with Gasteiger partial charge in [-0.15, -0.1) is 0 Å². The molecule has 3 aromatic rings. The predicted octanol–water partition coefficient (Wildman–Crippen LogP) is 2.88. The smallest absolute Gasteiger partial charge is 0.251 e. The molecule has 0 bridgehead atoms. The fourth-order valence-electron chi connectivity index (χ4n) is 3.19. The van der Waals surface area contributed by atoms with E-state index in [-0.39, 0.29) is 11.9 Å². The lowest BCUT2D eigenvalue weighted by molar-refractivity contribution is 0.0940. The van der Waals surface area contributed by atoms with Crippen molar-refractivity contribution in [3.63, 3.8) is 0 Å². The summed E-state index contributed by atoms with van der Waals surface area (Å²) in [5.74, 6) is 0.947. The molecule has 5 heteroatoms. The molecule has 1 atom stereocenters. The average Bonchev–Trinajstić information content (AvgIpc) is 3.35. The molecule has 0 aliphatic carbocycles. The normalized spacial score (nSPS) is 16.8. The van der Waals surface area contributed by atoms with E-state index >= 15 is 0 Å². The van der Waals surface area contributed by atoms with E-state index < -0.39 is 0 Å². The van der Waals surface area contributed by atoms with Gasteiger partial charge < -0.3 is 14.8 Å². The molecule has 1 unspecified atom stereocenters. The van der Waals surface area contributed by atoms with Crippen molar-refractivity contribution in [2.45, 2.75) is 12.5 Å². The Bertz CT molecular complexity index is 828. The molecule has 126 valence electrons. The van der Waals surface area contributed by atoms with Crippen LogP contribution in [0.5, 0.6) is 0 Å². The average molecular weight is 332 g/mol. The van der Waals surface area contributed by atoms with E-state index in [1.165, 1.54) is 0 Å². The van der Waals surface area contributed by atoms with Gasteiger partial charge in [-0.25, -0.2) is 4.98 Å². The highest BCUT2D eigenvalue weighted by atomic mass is 16.1. The quantitative estimate of drug-likeness (QED) is 0.799. The van der Waals surface area contributed by atoms with E-state index in [2.05, 4.69) is 15.2 Å². The first-order valence-corrected chi connectivity index (χ1v) is 8.50. The van der Waals surface area contributed by atoms with Crippen LogP contribution in [0.3, 0.4) is 0 Å². The molecule has 1 aliphatic rings. The molecule has 4 rings (SSSR count). The molecule has 1 aliphatic heterocycles. The van der Waals surface area contributed by atoms with Crippen LogP contribution in [0, 0.1) is 0 Å². The van der Waals surface area contributed by atoms with Gasteiger partial charge in [0.15, 0.2) is 0 Å². The Morgan fingerprint density at radius 2 is 1.84 bits per heavy atom. The number of hydrogen-bond donors (Lipinski definition) is 1. The molecule has 25 heavy (non-hydrogen) atoms. The summed E-state index contributed by atoms with van der Waals surface area (Å²) in [7, 11) is 0. The molecule has 5 nitrogen and oxygen atoms in total. The summed E-state index contributed by atoms with van der Waals surface area (Å²) in [4.78, 5) is 19.1. The Morgan fingerprint density at radius 3 is 2.56 bits per heavy atom. The summed E-state index contributed by atoms with van der Waals surface area (Å²) >= 11 is 0. The second-order valence-corrected chi connectivity index (χ2v) is 6.23. The first-order chi connectivity index (χ1) is 12.3. The van der Waals surface area contributed by atoms with Crippen LogP contribution in [0.4, 0.5) is 5.82 Å². The molecule has 1 aromatic carbocycles. The Labute approximate surface area is 146 Å². The number of rotatable bonds is 4. The number of amides is 1. The van der Waals surface area contributed by atoms with Crippen molar-refractivity contribution in [3.8, 4) is 5.69 Å². The van der Waals surface area contributed by atoms with Crippen LogP contribution >= 0.6 is 0 Å². The van der Waals surface area contributed by atoms with Crippen molar-refractivity contribution in [1.29, 1.82) is 0 Å². The molecule has 1 amide bonds. The van der Waals surface area contributed by atoms with Crippen molar-refractivity contribution in [2.75, 3.05) is 18.0 Å². The van der Waals surface area contributed by atoms with E-state index in [9.17, 15) is 4.79 Å². The molecule has 1 fully saturated rings. The number of pyridine rings is 1. The van der Waals surface area contributed by atoms with E-state index in [0.717, 1.165) is 31.0 Å². The third kappa shape index (κ3) is 3.40. The Kier molecular flexibility index (Phi) is 4.21. The van der Waals surface area contributed by atoms with Crippen LogP contribution in [0.15, 0.2) is 73.2 Å². The monoisotopic (exact) mass is 332 g/mol. The lowest BCUT2D eigenvalue weighted by Crippen LogP contribution is -2.37. The minimum atomic E-state index is -0.0214. The molecule has 1 N–H and O–H groups in total. The van der Waals surface area contributed by atoms with Crippen molar-refractivity contribution in [2.24, 2.45) is 0 Å². The number of nitrogens with one attached hydrogen (secondary N) is 1. The van der Waals surface area contributed by atoms with Crippen LogP contribution in [-0.4, -0.2) is 34.6 Å². The summed E-state index contributed by atoms with van der Waals surface area (Å²) in [5.41, 5.74) is 1.73. The number of benzene rings is 1. The van der Waals surface area contributed by atoms with E-state index in [1.807, 2.05) is 71.6 Å². The summed E-state index contributed by atoms with van der Waals surface area (Å²) < 4.78 is 2.02. The summed E-state index contributed by atoms with van der Waals surface area (Å²) in [6.45, 7) is 1.71. The number of aromatic nitrogens is 2. The number of carbonyl (C=O) groups excluding carboxylic acids is 1. The van der Waals surface area contributed by atoms with Crippen molar-refractivity contribution in [1.82, 2.24) is 14.9 Å². The fraction of sp³-hybridized carbons (Fsp3) is 0.200. The number of hydrogen-bond acceptors (Lipinski definition) is 3. The number of nitrogens with zero attached hydrogens (tertiary/aromatic N) is 3. The second-order valence-electron chi connectivity index (χ2n) is 6.23. The summed E-state index contributed by atoms with van der Waals surface area (Å²) in [6, 6.07) is 17.7. The molecule has 0 radical (unpaired) electrons. The van der Waals surface area contributed by atoms with E-state index in [4.69, 9.17) is 0 Å². The minimum Gasteiger partial charge on any atom is -0.354 e. The van der Waals surface area contributed by atoms with Crippen LogP contribution in [0.1, 0.15) is 16.8 Å². The second kappa shape index (κ2) is 6.81. The predicted molar refractivity (Wildman–Crippen MR) is 98.1 cm³/mol. The zero-order valence-electron chi connectivity index (χ0n) is 13.9. The van der Waals surface area contributed by atoms with Crippen LogP contribution in [-0.2, 0) is 0 Å². The largest absolute Gasteiger partial charge is 0.354 e. The highest BCUT2D eigenvalue weighted by Gasteiger charge is 2.24. The van der Waals surface area contributed by atoms with E-state index in [1.54, 1.807) is 6.20 Å². The Balaban J connectivity index is 1.38. The van der Waals surface area contributed by atoms with Gasteiger partial charge in [0, 0.05) is 49.0 Å². The molecule has 0 spiro atoms. The van der Waals surface area contributed by atoms with Gasteiger partial charge in [0.1, 0.15) is 5.82 Å². The SMILES string of the molecule is O=C(NC1CCN(c2ccccn2)C1)c1ccc(-n2cccc2)cc1. The molecule has 2 aromatic heterocycles. The van der Waals surface area contributed by atoms with Gasteiger partial charge in [0.2, 0.25) is 0 Å². The molecule has 3 heterocycles. The molecule has 1 saturated heterocycles. The number of carbonyl (C=O) groups is 1. The maximum atomic E-state index is 12.5. The van der Waals surface area contributed by atoms with Gasteiger partial charge in [-0.05, 0) is 55.0 Å². The molecule has 0 saturated carbocycles. The maximum absolute atomic E-state index is 12.5. The standard InChI is InChI=1S/C20H20N4O/c25-20(16-6-8-18(9-7-16)23-12-3-4-13-23)22-17-10-14-24(15-17)19-5-1-2-11-21-19/h1-9,11-13,17H,10,14-15H2,(H,22,25). The zero-order chi connectivity index (χ0) is 17.1. The molecular formula is C20H20N4O. The number of anilines is 1. The van der Waals surface area contributed by atoms with Crippen LogP contribution in [0.25, 0.3) is 5.69 Å². The van der Waals surface area contributed by atoms with Gasteiger partial charge in [-0.3, -0.25) is 4.79 Å². The Hall–Kier alpha value is -3.08. The van der Waals surface area contributed by atoms with Gasteiger partial charge in [0.05, 0.1) is 0 Å². The van der Waals surface area contributed by atoms with Gasteiger partial charge in [0.25, 0.3) is 5.91 Å². The Morgan fingerprint density at radius 1 is 1.04 bits per heavy atom. The third-order valence-electron chi connectivity index (χ3n) is 4.53. The van der Waals surface area contributed by atoms with Crippen molar-refractivity contribution >= 4 is 11.7 Å². The maximum Gasteiger partial charge on any atom is 0.251 e. The van der Waals surface area contributed by atoms with Crippen molar-refractivity contribution in [3.05, 3.63) is 78.8 Å². The summed E-state index contributed by atoms with van der Waals surface area (Å²) in [5, 5.41) is 3.13. The minimum absolute atomic E-state index is 0.0214. The lowest BCUT2D eigenvalue weighted by atomic mass is 10.1. The van der Waals surface area contributed by atoms with Crippen LogP contribution in [0.2, 0.25) is 0 Å². The van der Waals surface area contributed by atoms with Gasteiger partial charge in [-0.1, -0.05) is 6.07 Å². The lowest BCUT2D eigenvalue weighted by Gasteiger charge is -2.17. The zero-order valence-corrected chi connectivity index (χ0v) is 13.9. The van der Waals surface area contributed by atoms with E-state index in [0.29, 0.717) is 5.56 Å².